The number of likely N-dealkylation sites (N-methyl/N-ethyl adjacent to an activating group) is 1. The molecule has 0 saturated carbocycles. The summed E-state index contributed by atoms with van der Waals surface area (Å²) in [6.07, 6.45) is 5.73. The number of carbonyl (C=O) groups is 1. The highest BCUT2D eigenvalue weighted by Crippen LogP contribution is 2.35. The molecule has 1 aromatic heterocycles. The Hall–Kier alpha value is -1.82. The maximum Gasteiger partial charge on any atom is 0.251 e. The smallest absolute Gasteiger partial charge is 0.251 e. The van der Waals surface area contributed by atoms with Gasteiger partial charge in [0.1, 0.15) is 6.10 Å². The number of pyridine rings is 1. The molecule has 0 radical (unpaired) electrons. The summed E-state index contributed by atoms with van der Waals surface area (Å²) < 4.78 is 11.5. The van der Waals surface area contributed by atoms with Crippen molar-refractivity contribution in [3.63, 3.8) is 0 Å². The highest BCUT2D eigenvalue weighted by atomic mass is 16.5. The lowest BCUT2D eigenvalue weighted by molar-refractivity contribution is -0.141. The molecule has 6 heteroatoms. The van der Waals surface area contributed by atoms with Gasteiger partial charge >= 0.3 is 0 Å². The Labute approximate surface area is 143 Å². The summed E-state index contributed by atoms with van der Waals surface area (Å²) in [4.78, 5) is 20.4. The largest absolute Gasteiger partial charge is 0.493 e. The van der Waals surface area contributed by atoms with E-state index in [0.717, 1.165) is 50.3 Å². The van der Waals surface area contributed by atoms with Gasteiger partial charge in [-0.15, -0.1) is 0 Å². The molecular weight excluding hydrogens is 306 g/mol. The second-order valence-corrected chi connectivity index (χ2v) is 6.83. The highest BCUT2D eigenvalue weighted by molar-refractivity contribution is 5.80. The van der Waals surface area contributed by atoms with Crippen LogP contribution < -0.4 is 9.64 Å². The summed E-state index contributed by atoms with van der Waals surface area (Å²) in [6, 6.07) is 3.84. The number of amides is 1. The zero-order chi connectivity index (χ0) is 17.1. The van der Waals surface area contributed by atoms with E-state index in [1.54, 1.807) is 26.1 Å². The Morgan fingerprint density at radius 3 is 2.71 bits per heavy atom. The first kappa shape index (κ1) is 17.0. The van der Waals surface area contributed by atoms with E-state index in [-0.39, 0.29) is 18.1 Å². The summed E-state index contributed by atoms with van der Waals surface area (Å²) >= 11 is 0. The molecule has 2 saturated heterocycles. The fourth-order valence-electron chi connectivity index (χ4n) is 3.74. The SMILES string of the molecule is COc1cccnc1N1CCC([C@@H]2CC[C@H](C(=O)N(C)C)O2)CC1. The quantitative estimate of drug-likeness (QED) is 0.843. The molecule has 0 bridgehead atoms. The van der Waals surface area contributed by atoms with E-state index < -0.39 is 0 Å². The van der Waals surface area contributed by atoms with Crippen molar-refractivity contribution in [2.45, 2.75) is 37.9 Å². The van der Waals surface area contributed by atoms with Crippen LogP contribution in [-0.2, 0) is 9.53 Å². The third-order valence-electron chi connectivity index (χ3n) is 5.10. The Balaban J connectivity index is 1.55. The van der Waals surface area contributed by atoms with Gasteiger partial charge in [0.15, 0.2) is 11.6 Å². The number of hydrogen-bond donors (Lipinski definition) is 0. The van der Waals surface area contributed by atoms with Crippen LogP contribution in [0.1, 0.15) is 25.7 Å². The lowest BCUT2D eigenvalue weighted by Gasteiger charge is -2.35. The van der Waals surface area contributed by atoms with Gasteiger partial charge < -0.3 is 19.3 Å². The predicted molar refractivity (Wildman–Crippen MR) is 92.3 cm³/mol. The maximum absolute atomic E-state index is 12.1. The fourth-order valence-corrected chi connectivity index (χ4v) is 3.74. The van der Waals surface area contributed by atoms with Gasteiger partial charge in [-0.3, -0.25) is 4.79 Å². The number of ether oxygens (including phenoxy) is 2. The van der Waals surface area contributed by atoms with E-state index >= 15 is 0 Å². The number of carbonyl (C=O) groups excluding carboxylic acids is 1. The molecule has 6 nitrogen and oxygen atoms in total. The first-order valence-corrected chi connectivity index (χ1v) is 8.70. The van der Waals surface area contributed by atoms with E-state index in [4.69, 9.17) is 9.47 Å². The van der Waals surface area contributed by atoms with Gasteiger partial charge in [-0.05, 0) is 43.7 Å². The van der Waals surface area contributed by atoms with Crippen LogP contribution in [0.5, 0.6) is 5.75 Å². The third-order valence-corrected chi connectivity index (χ3v) is 5.10. The first-order valence-electron chi connectivity index (χ1n) is 8.70. The van der Waals surface area contributed by atoms with Gasteiger partial charge in [0.25, 0.3) is 5.91 Å². The lowest BCUT2D eigenvalue weighted by Crippen LogP contribution is -2.39. The van der Waals surface area contributed by atoms with Crippen LogP contribution >= 0.6 is 0 Å². The molecule has 0 spiro atoms. The monoisotopic (exact) mass is 333 g/mol. The molecule has 2 atom stereocenters. The molecule has 3 rings (SSSR count). The fraction of sp³-hybridized carbons (Fsp3) is 0.667. The van der Waals surface area contributed by atoms with Crippen molar-refractivity contribution < 1.29 is 14.3 Å². The standard InChI is InChI=1S/C18H27N3O3/c1-20(2)18(22)16-7-6-14(24-16)13-8-11-21(12-9-13)17-15(23-3)5-4-10-19-17/h4-5,10,13-14,16H,6-9,11-12H2,1-3H3/t14-,16+/m0/s1. The van der Waals surface area contributed by atoms with Crippen molar-refractivity contribution in [3.05, 3.63) is 18.3 Å². The van der Waals surface area contributed by atoms with Gasteiger partial charge in [-0.2, -0.15) is 0 Å². The lowest BCUT2D eigenvalue weighted by atomic mass is 9.89. The number of nitrogens with zero attached hydrogens (tertiary/aromatic N) is 3. The second kappa shape index (κ2) is 7.38. The van der Waals surface area contributed by atoms with E-state index in [0.29, 0.717) is 5.92 Å². The Morgan fingerprint density at radius 2 is 2.04 bits per heavy atom. The van der Waals surface area contributed by atoms with Crippen LogP contribution in [0.15, 0.2) is 18.3 Å². The Morgan fingerprint density at radius 1 is 1.29 bits per heavy atom. The van der Waals surface area contributed by atoms with Crippen molar-refractivity contribution >= 4 is 11.7 Å². The predicted octanol–water partition coefficient (Wildman–Crippen LogP) is 1.94. The van der Waals surface area contributed by atoms with Gasteiger partial charge in [-0.1, -0.05) is 0 Å². The number of anilines is 1. The van der Waals surface area contributed by atoms with E-state index in [1.165, 1.54) is 0 Å². The summed E-state index contributed by atoms with van der Waals surface area (Å²) in [5, 5.41) is 0. The zero-order valence-electron chi connectivity index (χ0n) is 14.8. The molecule has 1 amide bonds. The molecule has 24 heavy (non-hydrogen) atoms. The number of piperidine rings is 1. The molecule has 1 aromatic rings. The van der Waals surface area contributed by atoms with Crippen LogP contribution in [0.25, 0.3) is 0 Å². The third kappa shape index (κ3) is 3.48. The van der Waals surface area contributed by atoms with Crippen LogP contribution in [0, 0.1) is 5.92 Å². The van der Waals surface area contributed by atoms with Gasteiger partial charge in [-0.25, -0.2) is 4.98 Å². The summed E-state index contributed by atoms with van der Waals surface area (Å²) in [7, 11) is 5.26. The topological polar surface area (TPSA) is 54.9 Å². The van der Waals surface area contributed by atoms with Crippen LogP contribution in [0.4, 0.5) is 5.82 Å². The van der Waals surface area contributed by atoms with Crippen molar-refractivity contribution in [3.8, 4) is 5.75 Å². The highest BCUT2D eigenvalue weighted by Gasteiger charge is 2.37. The molecule has 0 aromatic carbocycles. The molecule has 132 valence electrons. The summed E-state index contributed by atoms with van der Waals surface area (Å²) in [6.45, 7) is 1.90. The first-order chi connectivity index (χ1) is 11.6. The van der Waals surface area contributed by atoms with Crippen LogP contribution in [0.3, 0.4) is 0 Å². The average Bonchev–Trinajstić information content (AvgIpc) is 3.11. The van der Waals surface area contributed by atoms with Crippen LogP contribution in [-0.4, -0.2) is 62.3 Å². The maximum atomic E-state index is 12.1. The van der Waals surface area contributed by atoms with Gasteiger partial charge in [0.2, 0.25) is 0 Å². The summed E-state index contributed by atoms with van der Waals surface area (Å²) in [5.41, 5.74) is 0. The molecular formula is C18H27N3O3. The normalized spacial score (nSPS) is 24.9. The second-order valence-electron chi connectivity index (χ2n) is 6.83. The van der Waals surface area contributed by atoms with Crippen molar-refractivity contribution in [1.29, 1.82) is 0 Å². The van der Waals surface area contributed by atoms with Gasteiger partial charge in [0.05, 0.1) is 13.2 Å². The molecule has 3 heterocycles. The van der Waals surface area contributed by atoms with Gasteiger partial charge in [0, 0.05) is 33.4 Å². The van der Waals surface area contributed by atoms with Crippen molar-refractivity contribution in [2.75, 3.05) is 39.2 Å². The van der Waals surface area contributed by atoms with Crippen molar-refractivity contribution in [1.82, 2.24) is 9.88 Å². The van der Waals surface area contributed by atoms with E-state index in [2.05, 4.69) is 9.88 Å². The molecule has 0 N–H and O–H groups in total. The molecule has 2 aliphatic heterocycles. The Bertz CT molecular complexity index is 570. The number of rotatable bonds is 4. The van der Waals surface area contributed by atoms with Crippen molar-refractivity contribution in [2.24, 2.45) is 5.92 Å². The zero-order valence-corrected chi connectivity index (χ0v) is 14.8. The Kier molecular flexibility index (Phi) is 5.23. The number of aromatic nitrogens is 1. The average molecular weight is 333 g/mol. The molecule has 2 fully saturated rings. The number of methoxy groups -OCH3 is 1. The van der Waals surface area contributed by atoms with Crippen LogP contribution in [0.2, 0.25) is 0 Å². The van der Waals surface area contributed by atoms with E-state index in [1.807, 2.05) is 18.3 Å². The molecule has 0 unspecified atom stereocenters. The minimum Gasteiger partial charge on any atom is -0.493 e. The molecule has 0 aliphatic carbocycles. The summed E-state index contributed by atoms with van der Waals surface area (Å²) in [5.74, 6) is 2.36. The molecule has 2 aliphatic rings. The number of hydrogen-bond acceptors (Lipinski definition) is 5. The minimum atomic E-state index is -0.251. The van der Waals surface area contributed by atoms with E-state index in [9.17, 15) is 4.79 Å². The minimum absolute atomic E-state index is 0.0909.